The standard InChI is InChI=1S/C26H26N4O4/c1-4-32-20-9-8-18(12-21(20)33-5-2)23-19(13-27)25(28)34-22-11-16(3)30(26(31)24(22)23)15-17-7-6-10-29-14-17/h6-12,14,23H,4-5,15,28H2,1-3H3/t23-/m1/s1. The third kappa shape index (κ3) is 4.20. The Hall–Kier alpha value is -4.25. The quantitative estimate of drug-likeness (QED) is 0.575. The van der Waals surface area contributed by atoms with Gasteiger partial charge in [-0.3, -0.25) is 9.78 Å². The van der Waals surface area contributed by atoms with Gasteiger partial charge in [0.2, 0.25) is 5.88 Å². The molecule has 0 spiro atoms. The molecule has 1 aliphatic rings. The van der Waals surface area contributed by atoms with Crippen molar-refractivity contribution in [3.63, 3.8) is 0 Å². The maximum atomic E-state index is 13.8. The predicted molar refractivity (Wildman–Crippen MR) is 127 cm³/mol. The molecular weight excluding hydrogens is 432 g/mol. The van der Waals surface area contributed by atoms with E-state index in [4.69, 9.17) is 19.9 Å². The maximum absolute atomic E-state index is 13.8. The van der Waals surface area contributed by atoms with Crippen LogP contribution in [0.2, 0.25) is 0 Å². The zero-order valence-corrected chi connectivity index (χ0v) is 19.4. The number of aromatic nitrogens is 2. The third-order valence-corrected chi connectivity index (χ3v) is 5.65. The number of aryl methyl sites for hydroxylation is 1. The molecule has 3 aromatic rings. The molecule has 34 heavy (non-hydrogen) atoms. The summed E-state index contributed by atoms with van der Waals surface area (Å²) in [5, 5.41) is 9.94. The molecule has 0 saturated carbocycles. The van der Waals surface area contributed by atoms with E-state index in [0.29, 0.717) is 53.8 Å². The van der Waals surface area contributed by atoms with E-state index in [1.165, 1.54) is 0 Å². The van der Waals surface area contributed by atoms with Crippen LogP contribution in [-0.4, -0.2) is 22.8 Å². The van der Waals surface area contributed by atoms with Crippen LogP contribution in [0.4, 0.5) is 0 Å². The smallest absolute Gasteiger partial charge is 0.259 e. The largest absolute Gasteiger partial charge is 0.490 e. The number of hydrogen-bond donors (Lipinski definition) is 1. The van der Waals surface area contributed by atoms with Crippen molar-refractivity contribution in [2.24, 2.45) is 5.73 Å². The van der Waals surface area contributed by atoms with Gasteiger partial charge in [0.15, 0.2) is 11.5 Å². The van der Waals surface area contributed by atoms with Gasteiger partial charge in [-0.25, -0.2) is 0 Å². The molecule has 8 nitrogen and oxygen atoms in total. The fourth-order valence-corrected chi connectivity index (χ4v) is 4.14. The zero-order valence-electron chi connectivity index (χ0n) is 19.4. The van der Waals surface area contributed by atoms with Gasteiger partial charge in [0.05, 0.1) is 31.2 Å². The molecule has 0 fully saturated rings. The monoisotopic (exact) mass is 458 g/mol. The Labute approximate surface area is 197 Å². The van der Waals surface area contributed by atoms with Crippen molar-refractivity contribution in [2.45, 2.75) is 33.2 Å². The highest BCUT2D eigenvalue weighted by atomic mass is 16.5. The number of benzene rings is 1. The summed E-state index contributed by atoms with van der Waals surface area (Å²) in [4.78, 5) is 17.9. The van der Waals surface area contributed by atoms with Crippen LogP contribution >= 0.6 is 0 Å². The Balaban J connectivity index is 1.91. The van der Waals surface area contributed by atoms with Crippen molar-refractivity contribution in [1.82, 2.24) is 9.55 Å². The summed E-state index contributed by atoms with van der Waals surface area (Å²) in [5.41, 5.74) is 8.68. The topological polar surface area (TPSA) is 112 Å². The normalized spacial score (nSPS) is 14.7. The van der Waals surface area contributed by atoms with E-state index in [1.54, 1.807) is 35.2 Å². The van der Waals surface area contributed by atoms with Crippen molar-refractivity contribution in [3.05, 3.63) is 93.0 Å². The Morgan fingerprint density at radius 1 is 1.18 bits per heavy atom. The van der Waals surface area contributed by atoms with Crippen molar-refractivity contribution >= 4 is 0 Å². The van der Waals surface area contributed by atoms with Gasteiger partial charge in [-0.15, -0.1) is 0 Å². The molecule has 2 aromatic heterocycles. The molecule has 0 bridgehead atoms. The van der Waals surface area contributed by atoms with Crippen LogP contribution in [-0.2, 0) is 6.54 Å². The average molecular weight is 459 g/mol. The molecule has 0 radical (unpaired) electrons. The lowest BCUT2D eigenvalue weighted by atomic mass is 9.84. The van der Waals surface area contributed by atoms with E-state index in [-0.39, 0.29) is 17.0 Å². The summed E-state index contributed by atoms with van der Waals surface area (Å²) < 4.78 is 18.9. The number of hydrogen-bond acceptors (Lipinski definition) is 7. The van der Waals surface area contributed by atoms with Crippen molar-refractivity contribution in [3.8, 4) is 23.3 Å². The highest BCUT2D eigenvalue weighted by molar-refractivity contribution is 5.57. The van der Waals surface area contributed by atoms with Crippen molar-refractivity contribution in [1.29, 1.82) is 5.26 Å². The Morgan fingerprint density at radius 2 is 1.94 bits per heavy atom. The van der Waals surface area contributed by atoms with Gasteiger partial charge in [-0.05, 0) is 50.1 Å². The Morgan fingerprint density at radius 3 is 2.62 bits per heavy atom. The second-order valence-electron chi connectivity index (χ2n) is 7.81. The number of nitriles is 1. The lowest BCUT2D eigenvalue weighted by Gasteiger charge is -2.28. The minimum absolute atomic E-state index is 0.0179. The van der Waals surface area contributed by atoms with Crippen LogP contribution in [0.5, 0.6) is 17.2 Å². The molecule has 3 heterocycles. The number of nitrogens with zero attached hydrogens (tertiary/aromatic N) is 3. The van der Waals surface area contributed by atoms with Crippen molar-refractivity contribution < 1.29 is 14.2 Å². The third-order valence-electron chi connectivity index (χ3n) is 5.65. The van der Waals surface area contributed by atoms with E-state index in [0.717, 1.165) is 5.56 Å². The molecule has 4 rings (SSSR count). The zero-order chi connectivity index (χ0) is 24.2. The number of ether oxygens (including phenoxy) is 3. The van der Waals surface area contributed by atoms with Gasteiger partial charge in [-0.2, -0.15) is 5.26 Å². The minimum Gasteiger partial charge on any atom is -0.490 e. The lowest BCUT2D eigenvalue weighted by Crippen LogP contribution is -2.33. The molecule has 2 N–H and O–H groups in total. The summed E-state index contributed by atoms with van der Waals surface area (Å²) in [7, 11) is 0. The van der Waals surface area contributed by atoms with E-state index < -0.39 is 5.92 Å². The molecule has 0 aliphatic carbocycles. The SMILES string of the molecule is CCOc1ccc([C@@H]2C(C#N)=C(N)Oc3cc(C)n(Cc4cccnc4)c(=O)c32)cc1OCC. The Kier molecular flexibility index (Phi) is 6.55. The van der Waals surface area contributed by atoms with Gasteiger partial charge < -0.3 is 24.5 Å². The number of fused-ring (bicyclic) bond motifs is 1. The summed E-state index contributed by atoms with van der Waals surface area (Å²) in [6.07, 6.45) is 3.41. The average Bonchev–Trinajstić information content (AvgIpc) is 2.83. The predicted octanol–water partition coefficient (Wildman–Crippen LogP) is 3.62. The van der Waals surface area contributed by atoms with Crippen LogP contribution in [0.25, 0.3) is 0 Å². The maximum Gasteiger partial charge on any atom is 0.259 e. The summed E-state index contributed by atoms with van der Waals surface area (Å²) >= 11 is 0. The molecular formula is C26H26N4O4. The van der Waals surface area contributed by atoms with Crippen LogP contribution in [0.3, 0.4) is 0 Å². The first-order valence-corrected chi connectivity index (χ1v) is 11.1. The van der Waals surface area contributed by atoms with Crippen molar-refractivity contribution in [2.75, 3.05) is 13.2 Å². The van der Waals surface area contributed by atoms with Gasteiger partial charge in [0.1, 0.15) is 17.4 Å². The molecule has 174 valence electrons. The second kappa shape index (κ2) is 9.71. The van der Waals surface area contributed by atoms with Crippen LogP contribution in [0.15, 0.2) is 65.0 Å². The van der Waals surface area contributed by atoms with Gasteiger partial charge in [-0.1, -0.05) is 12.1 Å². The molecule has 0 saturated heterocycles. The highest BCUT2D eigenvalue weighted by Gasteiger charge is 2.35. The number of allylic oxidation sites excluding steroid dienone is 1. The van der Waals surface area contributed by atoms with Gasteiger partial charge in [0.25, 0.3) is 5.56 Å². The first-order chi connectivity index (χ1) is 16.5. The molecule has 0 unspecified atom stereocenters. The number of nitrogens with two attached hydrogens (primary N) is 1. The molecule has 8 heteroatoms. The van der Waals surface area contributed by atoms with E-state index in [2.05, 4.69) is 11.1 Å². The van der Waals surface area contributed by atoms with E-state index in [9.17, 15) is 10.1 Å². The molecule has 1 aromatic carbocycles. The van der Waals surface area contributed by atoms with Crippen LogP contribution < -0.4 is 25.5 Å². The van der Waals surface area contributed by atoms with E-state index >= 15 is 0 Å². The molecule has 1 aliphatic heterocycles. The minimum atomic E-state index is -0.711. The summed E-state index contributed by atoms with van der Waals surface area (Å²) in [5.74, 6) is 0.744. The molecule has 1 atom stereocenters. The first kappa shape index (κ1) is 22.9. The fourth-order valence-electron chi connectivity index (χ4n) is 4.14. The lowest BCUT2D eigenvalue weighted by molar-refractivity contribution is 0.287. The molecule has 0 amide bonds. The summed E-state index contributed by atoms with van der Waals surface area (Å²) in [6.45, 7) is 6.86. The first-order valence-electron chi connectivity index (χ1n) is 11.1. The fraction of sp³-hybridized carbons (Fsp3) is 0.269. The van der Waals surface area contributed by atoms with Gasteiger partial charge in [0, 0.05) is 24.2 Å². The number of rotatable bonds is 7. The summed E-state index contributed by atoms with van der Waals surface area (Å²) in [6, 6.07) is 13.1. The number of pyridine rings is 2. The van der Waals surface area contributed by atoms with Gasteiger partial charge >= 0.3 is 0 Å². The second-order valence-corrected chi connectivity index (χ2v) is 7.81. The van der Waals surface area contributed by atoms with Crippen LogP contribution in [0, 0.1) is 18.3 Å². The Bertz CT molecular complexity index is 1340. The highest BCUT2D eigenvalue weighted by Crippen LogP contribution is 2.42. The van der Waals surface area contributed by atoms with Crippen LogP contribution in [0.1, 0.15) is 42.1 Å². The van der Waals surface area contributed by atoms with E-state index in [1.807, 2.05) is 39.0 Å².